The number of aliphatic hydroxyl groups excluding tert-OH is 1. The van der Waals surface area contributed by atoms with Crippen LogP contribution in [0.5, 0.6) is 0 Å². The standard InChI is InChI=1S/C9H17N3O6/c1-18-3-2-10-7(14)5-12-9(17)11-4-6(13)8(15)16/h6,13H,2-5H2,1H3,(H,10,14)(H,15,16)(H2,11,12,17)/t6-/m0/s1. The molecule has 0 rings (SSSR count). The van der Waals surface area contributed by atoms with Gasteiger partial charge in [0.1, 0.15) is 0 Å². The van der Waals surface area contributed by atoms with E-state index in [-0.39, 0.29) is 6.54 Å². The van der Waals surface area contributed by atoms with Gasteiger partial charge in [0, 0.05) is 13.7 Å². The zero-order chi connectivity index (χ0) is 14.0. The first-order valence-electron chi connectivity index (χ1n) is 5.15. The van der Waals surface area contributed by atoms with Gasteiger partial charge in [-0.1, -0.05) is 0 Å². The van der Waals surface area contributed by atoms with E-state index >= 15 is 0 Å². The Bertz CT molecular complexity index is 296. The van der Waals surface area contributed by atoms with E-state index < -0.39 is 30.6 Å². The summed E-state index contributed by atoms with van der Waals surface area (Å²) in [5.74, 6) is -1.84. The third-order valence-electron chi connectivity index (χ3n) is 1.78. The molecular formula is C9H17N3O6. The minimum Gasteiger partial charge on any atom is -0.479 e. The maximum absolute atomic E-state index is 11.1. The summed E-state index contributed by atoms with van der Waals surface area (Å²) in [5.41, 5.74) is 0. The smallest absolute Gasteiger partial charge is 0.334 e. The second kappa shape index (κ2) is 9.19. The van der Waals surface area contributed by atoms with Crippen LogP contribution in [0.1, 0.15) is 0 Å². The van der Waals surface area contributed by atoms with Crippen LogP contribution in [0.4, 0.5) is 4.79 Å². The van der Waals surface area contributed by atoms with Gasteiger partial charge >= 0.3 is 12.0 Å². The van der Waals surface area contributed by atoms with E-state index in [0.29, 0.717) is 13.2 Å². The van der Waals surface area contributed by atoms with Crippen molar-refractivity contribution in [3.8, 4) is 0 Å². The van der Waals surface area contributed by atoms with Gasteiger partial charge in [-0.2, -0.15) is 0 Å². The van der Waals surface area contributed by atoms with E-state index in [1.54, 1.807) is 0 Å². The quantitative estimate of drug-likeness (QED) is 0.307. The van der Waals surface area contributed by atoms with Crippen molar-refractivity contribution >= 4 is 17.9 Å². The zero-order valence-electron chi connectivity index (χ0n) is 9.93. The van der Waals surface area contributed by atoms with E-state index in [1.165, 1.54) is 7.11 Å². The van der Waals surface area contributed by atoms with Crippen molar-refractivity contribution in [2.24, 2.45) is 0 Å². The monoisotopic (exact) mass is 263 g/mol. The molecule has 0 unspecified atom stereocenters. The summed E-state index contributed by atoms with van der Waals surface area (Å²) in [6.07, 6.45) is -1.67. The summed E-state index contributed by atoms with van der Waals surface area (Å²) >= 11 is 0. The highest BCUT2D eigenvalue weighted by atomic mass is 16.5. The Kier molecular flexibility index (Phi) is 8.24. The number of hydrogen-bond acceptors (Lipinski definition) is 5. The number of ether oxygens (including phenoxy) is 1. The topological polar surface area (TPSA) is 137 Å². The molecule has 0 aromatic carbocycles. The summed E-state index contributed by atoms with van der Waals surface area (Å²) in [5, 5.41) is 24.0. The molecule has 0 aliphatic rings. The summed E-state index contributed by atoms with van der Waals surface area (Å²) in [6.45, 7) is 0.00424. The van der Waals surface area contributed by atoms with Crippen LogP contribution < -0.4 is 16.0 Å². The van der Waals surface area contributed by atoms with Crippen molar-refractivity contribution in [3.05, 3.63) is 0 Å². The lowest BCUT2D eigenvalue weighted by atomic mass is 10.4. The van der Waals surface area contributed by atoms with Gasteiger partial charge in [0.25, 0.3) is 0 Å². The maximum atomic E-state index is 11.1. The number of nitrogens with one attached hydrogen (secondary N) is 3. The number of rotatable bonds is 8. The van der Waals surface area contributed by atoms with Gasteiger partial charge in [-0.25, -0.2) is 9.59 Å². The molecule has 0 aromatic heterocycles. The number of aliphatic carboxylic acids is 1. The van der Waals surface area contributed by atoms with Crippen LogP contribution in [0.15, 0.2) is 0 Å². The van der Waals surface area contributed by atoms with Crippen LogP contribution in [0.3, 0.4) is 0 Å². The Hall–Kier alpha value is -1.87. The van der Waals surface area contributed by atoms with Crippen LogP contribution in [-0.4, -0.2) is 67.6 Å². The number of aliphatic hydroxyl groups is 1. The fourth-order valence-electron chi connectivity index (χ4n) is 0.855. The van der Waals surface area contributed by atoms with E-state index in [4.69, 9.17) is 14.9 Å². The van der Waals surface area contributed by atoms with Gasteiger partial charge in [0.2, 0.25) is 5.91 Å². The van der Waals surface area contributed by atoms with Gasteiger partial charge in [-0.3, -0.25) is 4.79 Å². The Labute approximate surface area is 103 Å². The van der Waals surface area contributed by atoms with Gasteiger partial charge in [0.15, 0.2) is 6.10 Å². The lowest BCUT2D eigenvalue weighted by molar-refractivity contribution is -0.146. The number of carbonyl (C=O) groups is 3. The molecule has 0 radical (unpaired) electrons. The third kappa shape index (κ3) is 8.30. The number of amides is 3. The molecule has 0 bridgehead atoms. The number of carboxylic acid groups (broad SMARTS) is 1. The molecule has 0 aliphatic heterocycles. The number of methoxy groups -OCH3 is 1. The van der Waals surface area contributed by atoms with Gasteiger partial charge in [0.05, 0.1) is 19.7 Å². The average Bonchev–Trinajstić information content (AvgIpc) is 2.33. The second-order valence-corrected chi connectivity index (χ2v) is 3.26. The largest absolute Gasteiger partial charge is 0.479 e. The molecule has 104 valence electrons. The minimum atomic E-state index is -1.67. The molecule has 0 heterocycles. The zero-order valence-corrected chi connectivity index (χ0v) is 9.93. The van der Waals surface area contributed by atoms with Gasteiger partial charge in [-0.05, 0) is 0 Å². The molecule has 9 heteroatoms. The molecule has 18 heavy (non-hydrogen) atoms. The Balaban J connectivity index is 3.64. The number of urea groups is 1. The predicted octanol–water partition coefficient (Wildman–Crippen LogP) is -2.51. The Morgan fingerprint density at radius 3 is 2.44 bits per heavy atom. The van der Waals surface area contributed by atoms with E-state index in [2.05, 4.69) is 16.0 Å². The third-order valence-corrected chi connectivity index (χ3v) is 1.78. The van der Waals surface area contributed by atoms with Crippen LogP contribution in [-0.2, 0) is 14.3 Å². The summed E-state index contributed by atoms with van der Waals surface area (Å²) in [4.78, 5) is 32.4. The van der Waals surface area contributed by atoms with Crippen LogP contribution in [0, 0.1) is 0 Å². The van der Waals surface area contributed by atoms with Crippen molar-refractivity contribution in [1.82, 2.24) is 16.0 Å². The Morgan fingerprint density at radius 1 is 1.22 bits per heavy atom. The van der Waals surface area contributed by atoms with Gasteiger partial charge < -0.3 is 30.9 Å². The highest BCUT2D eigenvalue weighted by molar-refractivity contribution is 5.84. The predicted molar refractivity (Wildman–Crippen MR) is 59.9 cm³/mol. The molecule has 5 N–H and O–H groups in total. The number of hydrogen-bond donors (Lipinski definition) is 5. The summed E-state index contributed by atoms with van der Waals surface area (Å²) in [7, 11) is 1.49. The first-order chi connectivity index (χ1) is 8.47. The van der Waals surface area contributed by atoms with Crippen molar-refractivity contribution in [3.63, 3.8) is 0 Å². The van der Waals surface area contributed by atoms with E-state index in [0.717, 1.165) is 0 Å². The first kappa shape index (κ1) is 16.1. The molecule has 0 fully saturated rings. The highest BCUT2D eigenvalue weighted by Crippen LogP contribution is 1.79. The Morgan fingerprint density at radius 2 is 1.89 bits per heavy atom. The van der Waals surface area contributed by atoms with Crippen molar-refractivity contribution in [2.45, 2.75) is 6.10 Å². The van der Waals surface area contributed by atoms with Crippen LogP contribution in [0.2, 0.25) is 0 Å². The van der Waals surface area contributed by atoms with Gasteiger partial charge in [-0.15, -0.1) is 0 Å². The molecule has 0 aromatic rings. The first-order valence-corrected chi connectivity index (χ1v) is 5.15. The summed E-state index contributed by atoms with van der Waals surface area (Å²) in [6, 6.07) is -0.739. The molecule has 0 aliphatic carbocycles. The van der Waals surface area contributed by atoms with Crippen LogP contribution in [0.25, 0.3) is 0 Å². The van der Waals surface area contributed by atoms with Crippen LogP contribution >= 0.6 is 0 Å². The van der Waals surface area contributed by atoms with E-state index in [1.807, 2.05) is 0 Å². The molecule has 0 saturated carbocycles. The second-order valence-electron chi connectivity index (χ2n) is 3.26. The van der Waals surface area contributed by atoms with Crippen molar-refractivity contribution in [2.75, 3.05) is 33.4 Å². The number of carboxylic acids is 1. The molecular weight excluding hydrogens is 246 g/mol. The van der Waals surface area contributed by atoms with Crippen molar-refractivity contribution < 1.29 is 29.3 Å². The fraction of sp³-hybridized carbons (Fsp3) is 0.667. The molecule has 1 atom stereocenters. The molecule has 3 amide bonds. The summed E-state index contributed by atoms with van der Waals surface area (Å²) < 4.78 is 4.71. The average molecular weight is 263 g/mol. The molecule has 0 spiro atoms. The lowest BCUT2D eigenvalue weighted by Crippen LogP contribution is -2.45. The lowest BCUT2D eigenvalue weighted by Gasteiger charge is -2.09. The highest BCUT2D eigenvalue weighted by Gasteiger charge is 2.14. The fourth-order valence-corrected chi connectivity index (χ4v) is 0.855. The SMILES string of the molecule is COCCNC(=O)CNC(=O)NC[C@H](O)C(=O)O. The minimum absolute atomic E-state index is 0.251. The van der Waals surface area contributed by atoms with E-state index in [9.17, 15) is 14.4 Å². The number of carbonyl (C=O) groups excluding carboxylic acids is 2. The molecule has 0 saturated heterocycles. The van der Waals surface area contributed by atoms with Crippen molar-refractivity contribution in [1.29, 1.82) is 0 Å². The normalized spacial score (nSPS) is 11.4. The maximum Gasteiger partial charge on any atom is 0.334 e. The molecule has 9 nitrogen and oxygen atoms in total.